The summed E-state index contributed by atoms with van der Waals surface area (Å²) in [7, 11) is 0. The molecule has 0 bridgehead atoms. The second kappa shape index (κ2) is 6.59. The molecule has 0 N–H and O–H groups in total. The normalized spacial score (nSPS) is 10.8. The molecule has 0 saturated heterocycles. The van der Waals surface area contributed by atoms with E-state index in [4.69, 9.17) is 0 Å². The third-order valence-corrected chi connectivity index (χ3v) is 2.72. The Hall–Kier alpha value is -2.29. The second-order valence-corrected chi connectivity index (χ2v) is 4.44. The number of allylic oxidation sites excluding steroid dienone is 1. The minimum absolute atomic E-state index is 0.155. The van der Waals surface area contributed by atoms with Gasteiger partial charge in [-0.15, -0.1) is 0 Å². The molecule has 1 aromatic carbocycles. The maximum Gasteiger partial charge on any atom is 0.142 e. The van der Waals surface area contributed by atoms with Crippen molar-refractivity contribution in [2.75, 3.05) is 0 Å². The Morgan fingerprint density at radius 3 is 2.95 bits per heavy atom. The van der Waals surface area contributed by atoms with Gasteiger partial charge in [-0.25, -0.2) is 9.97 Å². The van der Waals surface area contributed by atoms with Crippen LogP contribution >= 0.6 is 0 Å². The molecule has 0 aliphatic carbocycles. The van der Waals surface area contributed by atoms with E-state index in [1.807, 2.05) is 24.3 Å². The van der Waals surface area contributed by atoms with Gasteiger partial charge in [0.1, 0.15) is 12.1 Å². The highest BCUT2D eigenvalue weighted by Gasteiger charge is 2.02. The Morgan fingerprint density at radius 1 is 1.32 bits per heavy atom. The zero-order valence-corrected chi connectivity index (χ0v) is 10.9. The number of carbonyl (C=O) groups is 1. The average molecular weight is 252 g/mol. The molecule has 0 aliphatic rings. The van der Waals surface area contributed by atoms with E-state index in [0.29, 0.717) is 12.8 Å². The highest BCUT2D eigenvalue weighted by molar-refractivity contribution is 5.82. The molecule has 0 amide bonds. The number of hydrogen-bond acceptors (Lipinski definition) is 3. The number of Topliss-reactive ketones (excluding diaryl/α,β-unsaturated/α-hetero) is 1. The van der Waals surface area contributed by atoms with Crippen molar-refractivity contribution in [3.05, 3.63) is 65.8 Å². The molecular weight excluding hydrogens is 236 g/mol. The molecule has 19 heavy (non-hydrogen) atoms. The molecule has 0 spiro atoms. The van der Waals surface area contributed by atoms with Crippen LogP contribution in [0.1, 0.15) is 23.2 Å². The Balaban J connectivity index is 1.87. The smallest absolute Gasteiger partial charge is 0.142 e. The molecule has 3 heteroatoms. The fourth-order valence-electron chi connectivity index (χ4n) is 1.80. The number of ketones is 1. The van der Waals surface area contributed by atoms with E-state index in [2.05, 4.69) is 29.0 Å². The molecule has 3 nitrogen and oxygen atoms in total. The van der Waals surface area contributed by atoms with E-state index in [1.165, 1.54) is 11.9 Å². The molecule has 0 fully saturated rings. The van der Waals surface area contributed by atoms with Crippen molar-refractivity contribution < 1.29 is 4.79 Å². The lowest BCUT2D eigenvalue weighted by Gasteiger charge is -1.97. The lowest BCUT2D eigenvalue weighted by Crippen LogP contribution is -2.02. The number of carbonyl (C=O) groups excluding carboxylic acids is 1. The fourth-order valence-corrected chi connectivity index (χ4v) is 1.80. The number of aryl methyl sites for hydroxylation is 1. The van der Waals surface area contributed by atoms with Gasteiger partial charge in [0.25, 0.3) is 0 Å². The summed E-state index contributed by atoms with van der Waals surface area (Å²) in [5, 5.41) is 0. The van der Waals surface area contributed by atoms with Crippen LogP contribution in [0.4, 0.5) is 0 Å². The highest BCUT2D eigenvalue weighted by atomic mass is 16.1. The summed E-state index contributed by atoms with van der Waals surface area (Å²) in [4.78, 5) is 19.6. The minimum atomic E-state index is 0.155. The van der Waals surface area contributed by atoms with Crippen molar-refractivity contribution in [1.82, 2.24) is 9.97 Å². The van der Waals surface area contributed by atoms with Crippen LogP contribution < -0.4 is 0 Å². The van der Waals surface area contributed by atoms with Crippen LogP contribution in [-0.4, -0.2) is 15.8 Å². The Morgan fingerprint density at radius 2 is 2.21 bits per heavy atom. The van der Waals surface area contributed by atoms with E-state index < -0.39 is 0 Å². The summed E-state index contributed by atoms with van der Waals surface area (Å²) in [5.74, 6) is 0.155. The molecule has 2 rings (SSSR count). The van der Waals surface area contributed by atoms with E-state index in [9.17, 15) is 4.79 Å². The standard InChI is InChI=1S/C16H16N2O/c1-13-4-2-5-14(10-13)6-3-7-16(19)11-15-8-9-17-12-18-15/h2-6,8-10,12H,7,11H2,1H3/b6-3+. The van der Waals surface area contributed by atoms with Crippen LogP contribution in [0.15, 0.2) is 48.9 Å². The first-order valence-electron chi connectivity index (χ1n) is 6.24. The highest BCUT2D eigenvalue weighted by Crippen LogP contribution is 2.07. The summed E-state index contributed by atoms with van der Waals surface area (Å²) >= 11 is 0. The fraction of sp³-hybridized carbons (Fsp3) is 0.188. The molecule has 96 valence electrons. The van der Waals surface area contributed by atoms with Gasteiger partial charge in [-0.05, 0) is 18.6 Å². The first kappa shape index (κ1) is 13.1. The van der Waals surface area contributed by atoms with Gasteiger partial charge < -0.3 is 0 Å². The van der Waals surface area contributed by atoms with Crippen molar-refractivity contribution >= 4 is 11.9 Å². The third kappa shape index (κ3) is 4.47. The molecule has 0 saturated carbocycles. The van der Waals surface area contributed by atoms with Gasteiger partial charge in [-0.2, -0.15) is 0 Å². The monoisotopic (exact) mass is 252 g/mol. The molecular formula is C16H16N2O. The Bertz CT molecular complexity index is 576. The number of hydrogen-bond donors (Lipinski definition) is 0. The largest absolute Gasteiger partial charge is 0.299 e. The second-order valence-electron chi connectivity index (χ2n) is 4.44. The molecule has 0 unspecified atom stereocenters. The van der Waals surface area contributed by atoms with Gasteiger partial charge in [0.2, 0.25) is 0 Å². The zero-order chi connectivity index (χ0) is 13.5. The first-order chi connectivity index (χ1) is 9.24. The van der Waals surface area contributed by atoms with E-state index in [-0.39, 0.29) is 5.78 Å². The minimum Gasteiger partial charge on any atom is -0.299 e. The molecule has 1 heterocycles. The molecule has 0 aliphatic heterocycles. The summed E-state index contributed by atoms with van der Waals surface area (Å²) in [5.41, 5.74) is 3.10. The molecule has 2 aromatic rings. The van der Waals surface area contributed by atoms with Crippen molar-refractivity contribution in [2.45, 2.75) is 19.8 Å². The van der Waals surface area contributed by atoms with E-state index in [1.54, 1.807) is 12.3 Å². The van der Waals surface area contributed by atoms with Crippen molar-refractivity contribution in [3.63, 3.8) is 0 Å². The third-order valence-electron chi connectivity index (χ3n) is 2.72. The van der Waals surface area contributed by atoms with Crippen LogP contribution in [0.2, 0.25) is 0 Å². The van der Waals surface area contributed by atoms with Crippen LogP contribution in [0.3, 0.4) is 0 Å². The van der Waals surface area contributed by atoms with Crippen LogP contribution in [-0.2, 0) is 11.2 Å². The molecule has 0 radical (unpaired) electrons. The van der Waals surface area contributed by atoms with Gasteiger partial charge in [-0.1, -0.05) is 42.0 Å². The number of aromatic nitrogens is 2. The van der Waals surface area contributed by atoms with Crippen molar-refractivity contribution in [1.29, 1.82) is 0 Å². The van der Waals surface area contributed by atoms with Crippen LogP contribution in [0.25, 0.3) is 6.08 Å². The maximum atomic E-state index is 11.8. The molecule has 0 atom stereocenters. The van der Waals surface area contributed by atoms with Crippen LogP contribution in [0.5, 0.6) is 0 Å². The summed E-state index contributed by atoms with van der Waals surface area (Å²) in [6, 6.07) is 9.95. The first-order valence-corrected chi connectivity index (χ1v) is 6.24. The molecule has 1 aromatic heterocycles. The Kier molecular flexibility index (Phi) is 4.56. The van der Waals surface area contributed by atoms with Crippen molar-refractivity contribution in [3.8, 4) is 0 Å². The van der Waals surface area contributed by atoms with Gasteiger partial charge >= 0.3 is 0 Å². The zero-order valence-electron chi connectivity index (χ0n) is 10.9. The number of rotatable bonds is 5. The van der Waals surface area contributed by atoms with E-state index in [0.717, 1.165) is 11.3 Å². The lowest BCUT2D eigenvalue weighted by molar-refractivity contribution is -0.117. The number of benzene rings is 1. The van der Waals surface area contributed by atoms with Crippen molar-refractivity contribution in [2.24, 2.45) is 0 Å². The van der Waals surface area contributed by atoms with E-state index >= 15 is 0 Å². The predicted molar refractivity (Wildman–Crippen MR) is 75.6 cm³/mol. The van der Waals surface area contributed by atoms with Gasteiger partial charge in [-0.3, -0.25) is 4.79 Å². The van der Waals surface area contributed by atoms with Gasteiger partial charge in [0, 0.05) is 19.0 Å². The SMILES string of the molecule is Cc1cccc(/C=C/CC(=O)Cc2ccncn2)c1. The summed E-state index contributed by atoms with van der Waals surface area (Å²) < 4.78 is 0. The average Bonchev–Trinajstić information content (AvgIpc) is 2.40. The summed E-state index contributed by atoms with van der Waals surface area (Å²) in [6.45, 7) is 2.05. The lowest BCUT2D eigenvalue weighted by atomic mass is 10.1. The predicted octanol–water partition coefficient (Wildman–Crippen LogP) is 3.00. The number of nitrogens with zero attached hydrogens (tertiary/aromatic N) is 2. The van der Waals surface area contributed by atoms with Crippen LogP contribution in [0, 0.1) is 6.92 Å². The Labute approximate surface area is 113 Å². The summed E-state index contributed by atoms with van der Waals surface area (Å²) in [6.07, 6.45) is 7.78. The van der Waals surface area contributed by atoms with Gasteiger partial charge in [0.05, 0.1) is 5.69 Å². The topological polar surface area (TPSA) is 42.9 Å². The maximum absolute atomic E-state index is 11.8. The quantitative estimate of drug-likeness (QED) is 0.821. The van der Waals surface area contributed by atoms with Gasteiger partial charge in [0.15, 0.2) is 0 Å².